The zero-order valence-electron chi connectivity index (χ0n) is 18.4. The van der Waals surface area contributed by atoms with E-state index in [-0.39, 0.29) is 41.1 Å². The molecule has 3 aromatic carbocycles. The molecule has 0 saturated carbocycles. The van der Waals surface area contributed by atoms with Crippen LogP contribution in [0.3, 0.4) is 0 Å². The van der Waals surface area contributed by atoms with Gasteiger partial charge in [0, 0.05) is 30.8 Å². The maximum absolute atomic E-state index is 13.1. The second-order valence-electron chi connectivity index (χ2n) is 7.92. The summed E-state index contributed by atoms with van der Waals surface area (Å²) >= 11 is 0. The first kappa shape index (κ1) is 23.9. The zero-order chi connectivity index (χ0) is 24.3. The lowest BCUT2D eigenvalue weighted by molar-refractivity contribution is -0.120. The molecule has 1 fully saturated rings. The molecule has 1 aliphatic heterocycles. The molecule has 34 heavy (non-hydrogen) atoms. The highest BCUT2D eigenvalue weighted by atomic mass is 32.2. The molecule has 0 atom stereocenters. The van der Waals surface area contributed by atoms with Gasteiger partial charge in [0.1, 0.15) is 0 Å². The van der Waals surface area contributed by atoms with E-state index in [1.807, 2.05) is 24.3 Å². The first-order chi connectivity index (χ1) is 16.3. The van der Waals surface area contributed by atoms with E-state index >= 15 is 0 Å². The van der Waals surface area contributed by atoms with Gasteiger partial charge in [-0.05, 0) is 47.9 Å². The lowest BCUT2D eigenvalue weighted by Gasteiger charge is -2.30. The highest BCUT2D eigenvalue weighted by molar-refractivity contribution is 7.89. The Hall–Kier alpha value is -3.24. The minimum atomic E-state index is -3.69. The number of sulfonamides is 1. The summed E-state index contributed by atoms with van der Waals surface area (Å²) in [6.45, 7) is -2.63. The average Bonchev–Trinajstić information content (AvgIpc) is 2.83. The van der Waals surface area contributed by atoms with Crippen LogP contribution < -0.4 is 14.8 Å². The number of anilines is 1. The van der Waals surface area contributed by atoms with Gasteiger partial charge in [0.05, 0.1) is 12.0 Å². The lowest BCUT2D eigenvalue weighted by Crippen LogP contribution is -2.41. The third kappa shape index (κ3) is 5.13. The molecule has 3 aromatic rings. The first-order valence-corrected chi connectivity index (χ1v) is 12.1. The molecule has 1 aliphatic rings. The Morgan fingerprint density at radius 2 is 1.71 bits per heavy atom. The average molecular weight is 491 g/mol. The number of nitrogens with zero attached hydrogens (tertiary/aromatic N) is 1. The van der Waals surface area contributed by atoms with E-state index in [1.165, 1.54) is 29.6 Å². The normalized spacial score (nSPS) is 15.4. The minimum Gasteiger partial charge on any atom is -0.493 e. The third-order valence-electron chi connectivity index (χ3n) is 5.83. The molecule has 1 saturated heterocycles. The van der Waals surface area contributed by atoms with Gasteiger partial charge in [-0.2, -0.15) is 13.1 Å². The topological polar surface area (TPSA) is 84.9 Å². The number of methoxy groups -OCH3 is 1. The van der Waals surface area contributed by atoms with Crippen molar-refractivity contribution in [2.75, 3.05) is 25.5 Å². The van der Waals surface area contributed by atoms with Crippen molar-refractivity contribution in [1.82, 2.24) is 4.31 Å². The number of carbonyl (C=O) groups is 1. The predicted octanol–water partition coefficient (Wildman–Crippen LogP) is 4.49. The summed E-state index contributed by atoms with van der Waals surface area (Å²) < 4.78 is 62.3. The van der Waals surface area contributed by atoms with Gasteiger partial charge in [0.2, 0.25) is 15.9 Å². The number of hydrogen-bond donors (Lipinski definition) is 1. The van der Waals surface area contributed by atoms with Crippen molar-refractivity contribution < 1.29 is 31.5 Å². The van der Waals surface area contributed by atoms with Crippen LogP contribution in [0.2, 0.25) is 0 Å². The van der Waals surface area contributed by atoms with E-state index in [4.69, 9.17) is 4.74 Å². The molecule has 1 N–H and O–H groups in total. The van der Waals surface area contributed by atoms with Crippen LogP contribution in [-0.2, 0) is 14.8 Å². The molecular weight excluding hydrogens is 466 g/mol. The molecule has 7 nitrogen and oxygen atoms in total. The van der Waals surface area contributed by atoms with Crippen LogP contribution in [0.4, 0.5) is 14.5 Å². The number of fused-ring (bicyclic) bond motifs is 1. The summed E-state index contributed by atoms with van der Waals surface area (Å²) in [4.78, 5) is 13.0. The maximum atomic E-state index is 13.1. The van der Waals surface area contributed by atoms with E-state index in [0.717, 1.165) is 10.8 Å². The van der Waals surface area contributed by atoms with Crippen molar-refractivity contribution >= 4 is 32.4 Å². The van der Waals surface area contributed by atoms with Crippen LogP contribution in [0, 0.1) is 5.92 Å². The van der Waals surface area contributed by atoms with E-state index in [1.54, 1.807) is 18.2 Å². The number of alkyl halides is 2. The molecule has 10 heteroatoms. The van der Waals surface area contributed by atoms with E-state index in [0.29, 0.717) is 12.8 Å². The standard InChI is InChI=1S/C24H24F2N2O5S/c1-32-21-9-7-19(15-22(21)33-24(25)26)27-23(29)17-10-12-28(13-11-17)34(30,31)20-8-6-16-4-2-3-5-18(16)14-20/h2-9,14-15,17,24H,10-13H2,1H3,(H,27,29). The van der Waals surface area contributed by atoms with Crippen molar-refractivity contribution in [2.24, 2.45) is 5.92 Å². The van der Waals surface area contributed by atoms with Gasteiger partial charge >= 0.3 is 6.61 Å². The van der Waals surface area contributed by atoms with Crippen LogP contribution >= 0.6 is 0 Å². The van der Waals surface area contributed by atoms with Crippen LogP contribution in [0.25, 0.3) is 10.8 Å². The first-order valence-electron chi connectivity index (χ1n) is 10.7. The quantitative estimate of drug-likeness (QED) is 0.528. The monoisotopic (exact) mass is 490 g/mol. The smallest absolute Gasteiger partial charge is 0.387 e. The number of hydrogen-bond acceptors (Lipinski definition) is 5. The minimum absolute atomic E-state index is 0.116. The van der Waals surface area contributed by atoms with Crippen molar-refractivity contribution in [3.05, 3.63) is 60.7 Å². The predicted molar refractivity (Wildman–Crippen MR) is 124 cm³/mol. The van der Waals surface area contributed by atoms with E-state index < -0.39 is 22.6 Å². The maximum Gasteiger partial charge on any atom is 0.387 e. The summed E-state index contributed by atoms with van der Waals surface area (Å²) in [5.74, 6) is -0.794. The fourth-order valence-corrected chi connectivity index (χ4v) is 5.53. The Morgan fingerprint density at radius 3 is 2.38 bits per heavy atom. The number of halogens is 2. The Balaban J connectivity index is 1.40. The van der Waals surface area contributed by atoms with Gasteiger partial charge in [-0.15, -0.1) is 0 Å². The van der Waals surface area contributed by atoms with Gasteiger partial charge < -0.3 is 14.8 Å². The van der Waals surface area contributed by atoms with Gasteiger partial charge in [0.15, 0.2) is 11.5 Å². The fraction of sp³-hybridized carbons (Fsp3) is 0.292. The molecule has 0 aliphatic carbocycles. The highest BCUT2D eigenvalue weighted by Crippen LogP contribution is 2.32. The summed E-state index contributed by atoms with van der Waals surface area (Å²) in [6.07, 6.45) is 0.685. The lowest BCUT2D eigenvalue weighted by atomic mass is 9.97. The Morgan fingerprint density at radius 1 is 1.00 bits per heavy atom. The molecule has 0 aromatic heterocycles. The van der Waals surface area contributed by atoms with Gasteiger partial charge in [-0.3, -0.25) is 4.79 Å². The van der Waals surface area contributed by atoms with Crippen molar-refractivity contribution in [3.8, 4) is 11.5 Å². The molecule has 0 spiro atoms. The molecule has 1 amide bonds. The Labute approximate surface area is 196 Å². The van der Waals surface area contributed by atoms with Crippen LogP contribution in [0.5, 0.6) is 11.5 Å². The largest absolute Gasteiger partial charge is 0.493 e. The second kappa shape index (κ2) is 9.94. The van der Waals surface area contributed by atoms with Gasteiger partial charge in [-0.25, -0.2) is 8.42 Å². The number of ether oxygens (including phenoxy) is 2. The van der Waals surface area contributed by atoms with E-state index in [9.17, 15) is 22.0 Å². The van der Waals surface area contributed by atoms with Crippen molar-refractivity contribution in [1.29, 1.82) is 0 Å². The molecule has 4 rings (SSSR count). The summed E-state index contributed by atoms with van der Waals surface area (Å²) in [7, 11) is -2.36. The molecule has 0 unspecified atom stereocenters. The number of amides is 1. The van der Waals surface area contributed by atoms with E-state index in [2.05, 4.69) is 10.1 Å². The fourth-order valence-electron chi connectivity index (χ4n) is 4.02. The Bertz CT molecular complexity index is 1290. The SMILES string of the molecule is COc1ccc(NC(=O)C2CCN(S(=O)(=O)c3ccc4ccccc4c3)CC2)cc1OC(F)F. The van der Waals surface area contributed by atoms with Crippen molar-refractivity contribution in [2.45, 2.75) is 24.3 Å². The van der Waals surface area contributed by atoms with Crippen LogP contribution in [-0.4, -0.2) is 45.4 Å². The van der Waals surface area contributed by atoms with Crippen LogP contribution in [0.1, 0.15) is 12.8 Å². The summed E-state index contributed by atoms with van der Waals surface area (Å²) in [6, 6.07) is 16.8. The molecule has 1 heterocycles. The summed E-state index contributed by atoms with van der Waals surface area (Å²) in [5, 5.41) is 4.49. The molecule has 180 valence electrons. The summed E-state index contributed by atoms with van der Waals surface area (Å²) in [5.41, 5.74) is 0.285. The molecule has 0 radical (unpaired) electrons. The van der Waals surface area contributed by atoms with Crippen LogP contribution in [0.15, 0.2) is 65.6 Å². The number of rotatable bonds is 7. The van der Waals surface area contributed by atoms with Crippen molar-refractivity contribution in [3.63, 3.8) is 0 Å². The number of piperidine rings is 1. The van der Waals surface area contributed by atoms with Gasteiger partial charge in [-0.1, -0.05) is 30.3 Å². The number of nitrogens with one attached hydrogen (secondary N) is 1. The Kier molecular flexibility index (Phi) is 6.99. The second-order valence-corrected chi connectivity index (χ2v) is 9.86. The number of benzene rings is 3. The number of carbonyl (C=O) groups excluding carboxylic acids is 1. The molecule has 0 bridgehead atoms. The van der Waals surface area contributed by atoms with Gasteiger partial charge in [0.25, 0.3) is 0 Å². The third-order valence-corrected chi connectivity index (χ3v) is 7.73. The highest BCUT2D eigenvalue weighted by Gasteiger charge is 2.32. The molecular formula is C24H24F2N2O5S. The zero-order valence-corrected chi connectivity index (χ0v) is 19.2.